The summed E-state index contributed by atoms with van der Waals surface area (Å²) in [6.45, 7) is 0.895. The molecule has 1 aromatic rings. The Kier molecular flexibility index (Phi) is 3.61. The first kappa shape index (κ1) is 12.1. The molecule has 2 heterocycles. The van der Waals surface area contributed by atoms with Gasteiger partial charge < -0.3 is 15.0 Å². The van der Waals surface area contributed by atoms with Crippen molar-refractivity contribution in [1.29, 1.82) is 0 Å². The Morgan fingerprint density at radius 2 is 2.17 bits per heavy atom. The fraction of sp³-hybridized carbons (Fsp3) is 0.846. The van der Waals surface area contributed by atoms with E-state index in [9.17, 15) is 0 Å². The third-order valence-electron chi connectivity index (χ3n) is 3.87. The first-order valence-electron chi connectivity index (χ1n) is 7.02. The lowest BCUT2D eigenvalue weighted by molar-refractivity contribution is 0.0104. The fourth-order valence-corrected chi connectivity index (χ4v) is 2.49. The smallest absolute Gasteiger partial charge is 0.226 e. The number of aromatic nitrogens is 2. The molecule has 0 bridgehead atoms. The van der Waals surface area contributed by atoms with E-state index in [2.05, 4.69) is 10.1 Å². The van der Waals surface area contributed by atoms with Crippen LogP contribution in [0.2, 0.25) is 0 Å². The molecule has 1 aliphatic carbocycles. The normalized spacial score (nSPS) is 26.2. The summed E-state index contributed by atoms with van der Waals surface area (Å²) >= 11 is 0. The van der Waals surface area contributed by atoms with Crippen molar-refractivity contribution >= 4 is 0 Å². The van der Waals surface area contributed by atoms with Gasteiger partial charge >= 0.3 is 0 Å². The van der Waals surface area contributed by atoms with E-state index < -0.39 is 0 Å². The lowest BCUT2D eigenvalue weighted by Gasteiger charge is -2.21. The molecule has 3 rings (SSSR count). The summed E-state index contributed by atoms with van der Waals surface area (Å²) in [6.07, 6.45) is 8.15. The number of rotatable bonds is 5. The molecule has 2 atom stereocenters. The van der Waals surface area contributed by atoms with E-state index in [0.717, 1.165) is 25.9 Å². The van der Waals surface area contributed by atoms with Crippen molar-refractivity contribution in [2.24, 2.45) is 11.7 Å². The number of nitrogens with two attached hydrogens (primary N) is 1. The van der Waals surface area contributed by atoms with E-state index in [1.165, 1.54) is 25.7 Å². The van der Waals surface area contributed by atoms with Crippen molar-refractivity contribution in [3.05, 3.63) is 11.7 Å². The summed E-state index contributed by atoms with van der Waals surface area (Å²) in [7, 11) is 0. The van der Waals surface area contributed by atoms with Gasteiger partial charge in [-0.3, -0.25) is 0 Å². The summed E-state index contributed by atoms with van der Waals surface area (Å²) < 4.78 is 10.9. The second-order valence-corrected chi connectivity index (χ2v) is 5.44. The van der Waals surface area contributed by atoms with Crippen molar-refractivity contribution in [3.8, 4) is 0 Å². The Balaban J connectivity index is 1.50. The van der Waals surface area contributed by atoms with Crippen molar-refractivity contribution in [2.45, 2.75) is 57.1 Å². The molecule has 2 unspecified atom stereocenters. The van der Waals surface area contributed by atoms with Crippen LogP contribution >= 0.6 is 0 Å². The molecule has 5 nitrogen and oxygen atoms in total. The molecule has 1 aliphatic heterocycles. The number of aryl methyl sites for hydroxylation is 1. The third kappa shape index (κ3) is 2.90. The van der Waals surface area contributed by atoms with Crippen LogP contribution in [-0.2, 0) is 11.2 Å². The molecule has 1 aromatic heterocycles. The average molecular weight is 251 g/mol. The Labute approximate surface area is 107 Å². The summed E-state index contributed by atoms with van der Waals surface area (Å²) in [4.78, 5) is 4.40. The highest BCUT2D eigenvalue weighted by molar-refractivity contribution is 4.99. The summed E-state index contributed by atoms with van der Waals surface area (Å²) in [5.41, 5.74) is 6.04. The highest BCUT2D eigenvalue weighted by Crippen LogP contribution is 2.38. The molecular weight excluding hydrogens is 230 g/mol. The maximum absolute atomic E-state index is 6.04. The van der Waals surface area contributed by atoms with E-state index >= 15 is 0 Å². The molecule has 0 amide bonds. The van der Waals surface area contributed by atoms with E-state index in [-0.39, 0.29) is 6.04 Å². The SMILES string of the molecule is NC(c1noc(CCC2CCCCO2)n1)C1CC1. The Morgan fingerprint density at radius 3 is 2.89 bits per heavy atom. The summed E-state index contributed by atoms with van der Waals surface area (Å²) in [5, 5.41) is 3.99. The monoisotopic (exact) mass is 251 g/mol. The molecule has 0 spiro atoms. The van der Waals surface area contributed by atoms with Gasteiger partial charge in [-0.15, -0.1) is 0 Å². The second kappa shape index (κ2) is 5.36. The van der Waals surface area contributed by atoms with Crippen molar-refractivity contribution in [1.82, 2.24) is 10.1 Å². The van der Waals surface area contributed by atoms with E-state index in [1.807, 2.05) is 0 Å². The highest BCUT2D eigenvalue weighted by atomic mass is 16.5. The number of nitrogens with zero attached hydrogens (tertiary/aromatic N) is 2. The third-order valence-corrected chi connectivity index (χ3v) is 3.87. The molecule has 2 aliphatic rings. The lowest BCUT2D eigenvalue weighted by Crippen LogP contribution is -2.19. The standard InChI is InChI=1S/C13H21N3O2/c14-12(9-4-5-9)13-15-11(18-16-13)7-6-10-3-1-2-8-17-10/h9-10,12H,1-8,14H2. The largest absolute Gasteiger partial charge is 0.378 e. The van der Waals surface area contributed by atoms with Crippen LogP contribution in [-0.4, -0.2) is 22.9 Å². The predicted octanol–water partition coefficient (Wildman–Crippen LogP) is 1.98. The molecule has 0 aromatic carbocycles. The maximum atomic E-state index is 6.04. The molecule has 18 heavy (non-hydrogen) atoms. The summed E-state index contributed by atoms with van der Waals surface area (Å²) in [6, 6.07) is -0.0339. The molecule has 1 saturated carbocycles. The molecule has 100 valence electrons. The van der Waals surface area contributed by atoms with E-state index in [0.29, 0.717) is 23.7 Å². The fourth-order valence-electron chi connectivity index (χ4n) is 2.49. The summed E-state index contributed by atoms with van der Waals surface area (Å²) in [5.74, 6) is 1.95. The van der Waals surface area contributed by atoms with Crippen LogP contribution in [0.1, 0.15) is 56.3 Å². The van der Waals surface area contributed by atoms with Crippen LogP contribution in [0, 0.1) is 5.92 Å². The van der Waals surface area contributed by atoms with Gasteiger partial charge in [0.2, 0.25) is 5.89 Å². The number of hydrogen-bond acceptors (Lipinski definition) is 5. The molecule has 0 radical (unpaired) electrons. The zero-order chi connectivity index (χ0) is 12.4. The van der Waals surface area contributed by atoms with Crippen LogP contribution in [0.15, 0.2) is 4.52 Å². The van der Waals surface area contributed by atoms with Gasteiger partial charge in [-0.2, -0.15) is 4.98 Å². The zero-order valence-corrected chi connectivity index (χ0v) is 10.7. The lowest BCUT2D eigenvalue weighted by atomic mass is 10.0. The molecule has 2 fully saturated rings. The van der Waals surface area contributed by atoms with Gasteiger partial charge in [-0.1, -0.05) is 5.16 Å². The second-order valence-electron chi connectivity index (χ2n) is 5.44. The highest BCUT2D eigenvalue weighted by Gasteiger charge is 2.32. The van der Waals surface area contributed by atoms with Crippen LogP contribution in [0.4, 0.5) is 0 Å². The Morgan fingerprint density at radius 1 is 1.28 bits per heavy atom. The van der Waals surface area contributed by atoms with Gasteiger partial charge in [0, 0.05) is 13.0 Å². The predicted molar refractivity (Wildman–Crippen MR) is 65.9 cm³/mol. The van der Waals surface area contributed by atoms with Gasteiger partial charge in [0.15, 0.2) is 5.82 Å². The topological polar surface area (TPSA) is 74.2 Å². The van der Waals surface area contributed by atoms with E-state index in [4.69, 9.17) is 15.0 Å². The van der Waals surface area contributed by atoms with Crippen molar-refractivity contribution < 1.29 is 9.26 Å². The first-order valence-corrected chi connectivity index (χ1v) is 7.02. The minimum atomic E-state index is -0.0339. The Bertz CT molecular complexity index is 383. The van der Waals surface area contributed by atoms with Crippen molar-refractivity contribution in [3.63, 3.8) is 0 Å². The minimum absolute atomic E-state index is 0.0339. The Hall–Kier alpha value is -0.940. The van der Waals surface area contributed by atoms with Crippen LogP contribution in [0.25, 0.3) is 0 Å². The molecular formula is C13H21N3O2. The van der Waals surface area contributed by atoms with Crippen molar-refractivity contribution in [2.75, 3.05) is 6.61 Å². The van der Waals surface area contributed by atoms with Crippen LogP contribution in [0.3, 0.4) is 0 Å². The first-order chi connectivity index (χ1) is 8.83. The van der Waals surface area contributed by atoms with Gasteiger partial charge in [0.05, 0.1) is 12.1 Å². The maximum Gasteiger partial charge on any atom is 0.226 e. The average Bonchev–Trinajstić information content (AvgIpc) is 3.15. The van der Waals surface area contributed by atoms with Gasteiger partial charge in [0.1, 0.15) is 0 Å². The number of ether oxygens (including phenoxy) is 1. The van der Waals surface area contributed by atoms with E-state index in [1.54, 1.807) is 0 Å². The van der Waals surface area contributed by atoms with Gasteiger partial charge in [0.25, 0.3) is 0 Å². The van der Waals surface area contributed by atoms with Gasteiger partial charge in [-0.05, 0) is 44.4 Å². The number of hydrogen-bond donors (Lipinski definition) is 1. The zero-order valence-electron chi connectivity index (χ0n) is 10.7. The molecule has 5 heteroatoms. The van der Waals surface area contributed by atoms with Gasteiger partial charge in [-0.25, -0.2) is 0 Å². The molecule has 1 saturated heterocycles. The quantitative estimate of drug-likeness (QED) is 0.866. The molecule has 2 N–H and O–H groups in total. The minimum Gasteiger partial charge on any atom is -0.378 e. The van der Waals surface area contributed by atoms with Crippen LogP contribution in [0.5, 0.6) is 0 Å². The van der Waals surface area contributed by atoms with Crippen LogP contribution < -0.4 is 5.73 Å².